The molecule has 0 spiro atoms. The summed E-state index contributed by atoms with van der Waals surface area (Å²) in [6.45, 7) is 8.50. The summed E-state index contributed by atoms with van der Waals surface area (Å²) in [6, 6.07) is 0. The normalized spacial score (nSPS) is 47.8. The van der Waals surface area contributed by atoms with Crippen LogP contribution in [-0.2, 0) is 0 Å². The first-order chi connectivity index (χ1) is 9.02. The second-order valence-electron chi connectivity index (χ2n) is 7.18. The Balaban J connectivity index is 1.82. The lowest BCUT2D eigenvalue weighted by Crippen LogP contribution is -2.32. The fourth-order valence-corrected chi connectivity index (χ4v) is 6.03. The van der Waals surface area contributed by atoms with E-state index in [1.807, 2.05) is 0 Å². The molecule has 2 N–H and O–H groups in total. The zero-order valence-electron chi connectivity index (χ0n) is 12.0. The number of hydrogen-bond donors (Lipinski definition) is 2. The number of allylic oxidation sites excluding steroid dienone is 2. The summed E-state index contributed by atoms with van der Waals surface area (Å²) in [4.78, 5) is 0. The van der Waals surface area contributed by atoms with Crippen LogP contribution in [0.4, 0.5) is 0 Å². The van der Waals surface area contributed by atoms with Crippen LogP contribution in [0, 0.1) is 23.2 Å². The average molecular weight is 370 g/mol. The number of fused-ring (bicyclic) bond motifs is 3. The Morgan fingerprint density at radius 2 is 2.11 bits per heavy atom. The van der Waals surface area contributed by atoms with E-state index >= 15 is 0 Å². The summed E-state index contributed by atoms with van der Waals surface area (Å²) in [5.41, 5.74) is 6.94. The van der Waals surface area contributed by atoms with Gasteiger partial charge in [-0.05, 0) is 41.2 Å². The van der Waals surface area contributed by atoms with E-state index in [0.717, 1.165) is 24.3 Å². The molecule has 0 bridgehead atoms. The molecular weight excluding hydrogens is 347 g/mol. The lowest BCUT2D eigenvalue weighted by Gasteiger charge is -2.32. The molecule has 19 heavy (non-hydrogen) atoms. The SMILES string of the molecule is CC1C2=C(NCC3=C2CC(I)N3)[C@H]2[C@@H](C)CC[C@]12C. The van der Waals surface area contributed by atoms with Crippen LogP contribution in [0.1, 0.15) is 40.0 Å². The van der Waals surface area contributed by atoms with Crippen LogP contribution in [-0.4, -0.2) is 10.6 Å². The number of rotatable bonds is 0. The predicted molar refractivity (Wildman–Crippen MR) is 86.8 cm³/mol. The van der Waals surface area contributed by atoms with Gasteiger partial charge in [-0.25, -0.2) is 0 Å². The van der Waals surface area contributed by atoms with Crippen LogP contribution >= 0.6 is 22.6 Å². The zero-order chi connectivity index (χ0) is 13.4. The minimum atomic E-state index is 0.503. The molecule has 4 aliphatic rings. The highest BCUT2D eigenvalue weighted by molar-refractivity contribution is 14.1. The fourth-order valence-electron chi connectivity index (χ4n) is 5.21. The molecule has 2 aliphatic heterocycles. The van der Waals surface area contributed by atoms with Gasteiger partial charge >= 0.3 is 0 Å². The van der Waals surface area contributed by atoms with Crippen molar-refractivity contribution in [2.24, 2.45) is 23.2 Å². The van der Waals surface area contributed by atoms with Crippen molar-refractivity contribution in [2.75, 3.05) is 6.54 Å². The minimum Gasteiger partial charge on any atom is -0.382 e. The molecule has 3 heteroatoms. The van der Waals surface area contributed by atoms with Crippen LogP contribution in [0.2, 0.25) is 0 Å². The molecule has 2 heterocycles. The van der Waals surface area contributed by atoms with Crippen LogP contribution in [0.5, 0.6) is 0 Å². The molecule has 0 aromatic rings. The topological polar surface area (TPSA) is 24.1 Å². The van der Waals surface area contributed by atoms with Gasteiger partial charge in [-0.2, -0.15) is 0 Å². The van der Waals surface area contributed by atoms with Crippen molar-refractivity contribution in [1.82, 2.24) is 10.6 Å². The number of dihydropyridines is 1. The van der Waals surface area contributed by atoms with Crippen LogP contribution in [0.15, 0.2) is 22.5 Å². The number of halogens is 1. The second-order valence-corrected chi connectivity index (χ2v) is 8.68. The van der Waals surface area contributed by atoms with Crippen molar-refractivity contribution in [3.8, 4) is 0 Å². The standard InChI is InChI=1S/C16H23IN2/c1-8-4-5-16(3)9(2)13-10-6-12(17)19-11(10)7-18-15(13)14(8)16/h8-9,12,14,18-19H,4-7H2,1-3H3/t8-,9?,12?,14+,16+/m0/s1. The first-order valence-corrected chi connectivity index (χ1v) is 8.88. The van der Waals surface area contributed by atoms with E-state index in [1.165, 1.54) is 25.0 Å². The summed E-state index contributed by atoms with van der Waals surface area (Å²) < 4.78 is 0.592. The van der Waals surface area contributed by atoms with Gasteiger partial charge in [0, 0.05) is 23.7 Å². The smallest absolute Gasteiger partial charge is 0.0820 e. The van der Waals surface area contributed by atoms with Crippen molar-refractivity contribution in [3.05, 3.63) is 22.5 Å². The van der Waals surface area contributed by atoms with E-state index in [0.29, 0.717) is 9.46 Å². The maximum absolute atomic E-state index is 3.79. The molecule has 2 aliphatic carbocycles. The largest absolute Gasteiger partial charge is 0.382 e. The third-order valence-electron chi connectivity index (χ3n) is 6.30. The first kappa shape index (κ1) is 12.5. The lowest BCUT2D eigenvalue weighted by molar-refractivity contribution is 0.195. The Kier molecular flexibility index (Phi) is 2.59. The first-order valence-electron chi connectivity index (χ1n) is 7.63. The van der Waals surface area contributed by atoms with Crippen molar-refractivity contribution >= 4 is 22.6 Å². The predicted octanol–water partition coefficient (Wildman–Crippen LogP) is 3.55. The minimum absolute atomic E-state index is 0.503. The van der Waals surface area contributed by atoms with Crippen molar-refractivity contribution in [1.29, 1.82) is 0 Å². The van der Waals surface area contributed by atoms with Gasteiger partial charge in [-0.3, -0.25) is 0 Å². The molecule has 1 saturated carbocycles. The molecule has 1 fully saturated rings. The fraction of sp³-hybridized carbons (Fsp3) is 0.750. The van der Waals surface area contributed by atoms with Gasteiger partial charge in [0.15, 0.2) is 0 Å². The van der Waals surface area contributed by atoms with Gasteiger partial charge in [0.25, 0.3) is 0 Å². The van der Waals surface area contributed by atoms with Gasteiger partial charge in [0.05, 0.1) is 10.6 Å². The van der Waals surface area contributed by atoms with Crippen LogP contribution < -0.4 is 10.6 Å². The Labute approximate surface area is 129 Å². The highest BCUT2D eigenvalue weighted by Gasteiger charge is 2.56. The van der Waals surface area contributed by atoms with E-state index in [1.54, 1.807) is 16.8 Å². The van der Waals surface area contributed by atoms with E-state index in [2.05, 4.69) is 54.0 Å². The Hall–Kier alpha value is -0.190. The Morgan fingerprint density at radius 3 is 2.89 bits per heavy atom. The Morgan fingerprint density at radius 1 is 1.32 bits per heavy atom. The van der Waals surface area contributed by atoms with Crippen molar-refractivity contribution < 1.29 is 0 Å². The highest BCUT2D eigenvalue weighted by Crippen LogP contribution is 2.63. The third-order valence-corrected chi connectivity index (χ3v) is 7.05. The van der Waals surface area contributed by atoms with Gasteiger partial charge < -0.3 is 10.6 Å². The molecule has 0 saturated heterocycles. The van der Waals surface area contributed by atoms with Crippen molar-refractivity contribution in [3.63, 3.8) is 0 Å². The number of hydrogen-bond acceptors (Lipinski definition) is 2. The van der Waals surface area contributed by atoms with Crippen molar-refractivity contribution in [2.45, 2.75) is 44.1 Å². The third kappa shape index (κ3) is 1.48. The molecule has 0 aromatic carbocycles. The lowest BCUT2D eigenvalue weighted by atomic mass is 9.72. The molecule has 0 aromatic heterocycles. The van der Waals surface area contributed by atoms with Gasteiger partial charge in [0.2, 0.25) is 0 Å². The second kappa shape index (κ2) is 3.92. The maximum Gasteiger partial charge on any atom is 0.0820 e. The molecular formula is C16H23IN2. The molecule has 104 valence electrons. The average Bonchev–Trinajstić information content (AvgIpc) is 2.94. The molecule has 4 rings (SSSR count). The van der Waals surface area contributed by atoms with Gasteiger partial charge in [-0.15, -0.1) is 0 Å². The van der Waals surface area contributed by atoms with Gasteiger partial charge in [0.1, 0.15) is 0 Å². The monoisotopic (exact) mass is 370 g/mol. The van der Waals surface area contributed by atoms with E-state index < -0.39 is 0 Å². The summed E-state index contributed by atoms with van der Waals surface area (Å²) in [7, 11) is 0. The van der Waals surface area contributed by atoms with E-state index in [4.69, 9.17) is 0 Å². The summed E-state index contributed by atoms with van der Waals surface area (Å²) >= 11 is 2.54. The molecule has 5 atom stereocenters. The summed E-state index contributed by atoms with van der Waals surface area (Å²) in [5, 5.41) is 7.43. The zero-order valence-corrected chi connectivity index (χ0v) is 14.2. The Bertz CT molecular complexity index is 507. The number of alkyl halides is 1. The van der Waals surface area contributed by atoms with E-state index in [9.17, 15) is 0 Å². The maximum atomic E-state index is 3.79. The molecule has 0 amide bonds. The van der Waals surface area contributed by atoms with Gasteiger partial charge in [-0.1, -0.05) is 43.4 Å². The highest BCUT2D eigenvalue weighted by atomic mass is 127. The van der Waals surface area contributed by atoms with E-state index in [-0.39, 0.29) is 0 Å². The molecule has 0 radical (unpaired) electrons. The number of nitrogens with one attached hydrogen (secondary N) is 2. The summed E-state index contributed by atoms with van der Waals surface area (Å²) in [5.74, 6) is 2.35. The molecule has 2 unspecified atom stereocenters. The summed E-state index contributed by atoms with van der Waals surface area (Å²) in [6.07, 6.45) is 4.03. The van der Waals surface area contributed by atoms with Crippen LogP contribution in [0.25, 0.3) is 0 Å². The molecule has 2 nitrogen and oxygen atoms in total. The van der Waals surface area contributed by atoms with Crippen LogP contribution in [0.3, 0.4) is 0 Å². The quantitative estimate of drug-likeness (QED) is 0.387.